The molecule has 0 aliphatic carbocycles. The molecule has 2 atom stereocenters. The minimum Gasteiger partial charge on any atom is -0.341 e. The molecule has 1 saturated heterocycles. The van der Waals surface area contributed by atoms with E-state index in [1.165, 1.54) is 11.8 Å². The van der Waals surface area contributed by atoms with Crippen molar-refractivity contribution in [3.63, 3.8) is 0 Å². The Labute approximate surface area is 202 Å². The molecule has 1 aliphatic rings. The number of piperidine rings is 1. The highest BCUT2D eigenvalue weighted by Gasteiger charge is 2.26. The molecule has 7 nitrogen and oxygen atoms in total. The molecule has 176 valence electrons. The molecule has 1 amide bonds. The first kappa shape index (κ1) is 22.7. The highest BCUT2D eigenvalue weighted by atomic mass is 32.2. The van der Waals surface area contributed by atoms with Gasteiger partial charge in [0.1, 0.15) is 0 Å². The average molecular weight is 476 g/mol. The molecule has 5 rings (SSSR count). The van der Waals surface area contributed by atoms with Crippen molar-refractivity contribution in [1.29, 1.82) is 0 Å². The van der Waals surface area contributed by atoms with Crippen molar-refractivity contribution in [1.82, 2.24) is 24.1 Å². The number of carbonyl (C=O) groups is 1. The van der Waals surface area contributed by atoms with Crippen molar-refractivity contribution in [3.8, 4) is 5.69 Å². The third kappa shape index (κ3) is 4.00. The number of rotatable bonds is 4. The van der Waals surface area contributed by atoms with Gasteiger partial charge in [-0.1, -0.05) is 55.4 Å². The molecule has 0 bridgehead atoms. The molecule has 1 fully saturated rings. The number of aryl methyl sites for hydroxylation is 2. The molecule has 0 radical (unpaired) electrons. The molecular formula is C26H29N5O2S. The van der Waals surface area contributed by atoms with Crippen LogP contribution in [0.2, 0.25) is 0 Å². The standard InChI is InChI=1S/C26H29N5O2S/c1-16-9-10-21(19(4)12-16)30-24(33)20-7-5-6-8-22(20)31-25(30)27-28-26(31)34-15-23(32)29-13-17(2)11-18(3)14-29/h5-10,12,17-18H,11,13-15H2,1-4H3. The van der Waals surface area contributed by atoms with Crippen LogP contribution in [0.4, 0.5) is 0 Å². The zero-order chi connectivity index (χ0) is 24.0. The van der Waals surface area contributed by atoms with Crippen LogP contribution in [0.3, 0.4) is 0 Å². The summed E-state index contributed by atoms with van der Waals surface area (Å²) in [6, 6.07) is 13.5. The molecule has 2 unspecified atom stereocenters. The lowest BCUT2D eigenvalue weighted by atomic mass is 9.92. The molecular weight excluding hydrogens is 446 g/mol. The second kappa shape index (κ2) is 8.91. The number of likely N-dealkylation sites (tertiary alicyclic amines) is 1. The number of hydrogen-bond acceptors (Lipinski definition) is 5. The fraction of sp³-hybridized carbons (Fsp3) is 0.385. The Hall–Kier alpha value is -3.13. The van der Waals surface area contributed by atoms with Gasteiger partial charge in [-0.3, -0.25) is 14.0 Å². The summed E-state index contributed by atoms with van der Waals surface area (Å²) in [7, 11) is 0. The first-order valence-corrected chi connectivity index (χ1v) is 12.7. The van der Waals surface area contributed by atoms with Gasteiger partial charge in [0.05, 0.1) is 22.3 Å². The quantitative estimate of drug-likeness (QED) is 0.413. The fourth-order valence-electron chi connectivity index (χ4n) is 5.13. The van der Waals surface area contributed by atoms with Crippen molar-refractivity contribution in [2.45, 2.75) is 39.3 Å². The lowest BCUT2D eigenvalue weighted by molar-refractivity contribution is -0.130. The number of benzene rings is 2. The van der Waals surface area contributed by atoms with Gasteiger partial charge < -0.3 is 4.90 Å². The Bertz CT molecular complexity index is 1450. The van der Waals surface area contributed by atoms with E-state index in [2.05, 4.69) is 30.1 Å². The summed E-state index contributed by atoms with van der Waals surface area (Å²) in [5.74, 6) is 1.89. The van der Waals surface area contributed by atoms with Gasteiger partial charge in [-0.15, -0.1) is 10.2 Å². The Kier molecular flexibility index (Phi) is 5.93. The van der Waals surface area contributed by atoms with E-state index in [-0.39, 0.29) is 17.2 Å². The Balaban J connectivity index is 1.58. The van der Waals surface area contributed by atoms with Gasteiger partial charge in [-0.2, -0.15) is 0 Å². The maximum Gasteiger partial charge on any atom is 0.267 e. The first-order valence-electron chi connectivity index (χ1n) is 11.7. The number of nitrogens with zero attached hydrogens (tertiary/aromatic N) is 5. The summed E-state index contributed by atoms with van der Waals surface area (Å²) < 4.78 is 3.53. The van der Waals surface area contributed by atoms with Crippen molar-refractivity contribution in [2.24, 2.45) is 11.8 Å². The van der Waals surface area contributed by atoms with Crippen LogP contribution in [0.5, 0.6) is 0 Å². The minimum atomic E-state index is -0.133. The first-order chi connectivity index (χ1) is 16.3. The fourth-order valence-corrected chi connectivity index (χ4v) is 5.97. The molecule has 0 spiro atoms. The Morgan fingerprint density at radius 3 is 2.53 bits per heavy atom. The topological polar surface area (TPSA) is 72.5 Å². The normalized spacial score (nSPS) is 18.6. The zero-order valence-corrected chi connectivity index (χ0v) is 20.8. The molecule has 2 aromatic carbocycles. The Morgan fingerprint density at radius 2 is 1.79 bits per heavy atom. The molecule has 0 N–H and O–H groups in total. The van der Waals surface area contributed by atoms with Gasteiger partial charge in [0.2, 0.25) is 11.7 Å². The number of aromatic nitrogens is 4. The molecule has 2 aromatic heterocycles. The van der Waals surface area contributed by atoms with Gasteiger partial charge >= 0.3 is 0 Å². The van der Waals surface area contributed by atoms with Crippen molar-refractivity contribution in [2.75, 3.05) is 18.8 Å². The van der Waals surface area contributed by atoms with Gasteiger partial charge in [0.25, 0.3) is 5.56 Å². The van der Waals surface area contributed by atoms with Gasteiger partial charge in [-0.05, 0) is 55.9 Å². The Morgan fingerprint density at radius 1 is 1.06 bits per heavy atom. The van der Waals surface area contributed by atoms with Crippen LogP contribution in [0.25, 0.3) is 22.4 Å². The van der Waals surface area contributed by atoms with Crippen molar-refractivity contribution in [3.05, 3.63) is 63.9 Å². The highest BCUT2D eigenvalue weighted by Crippen LogP contribution is 2.26. The van der Waals surface area contributed by atoms with Gasteiger partial charge in [0, 0.05) is 13.1 Å². The van der Waals surface area contributed by atoms with E-state index in [9.17, 15) is 9.59 Å². The van der Waals surface area contributed by atoms with E-state index in [0.29, 0.717) is 28.2 Å². The van der Waals surface area contributed by atoms with E-state index < -0.39 is 0 Å². The molecule has 8 heteroatoms. The van der Waals surface area contributed by atoms with Crippen LogP contribution in [0.15, 0.2) is 52.4 Å². The molecule has 34 heavy (non-hydrogen) atoms. The molecule has 4 aromatic rings. The number of para-hydroxylation sites is 1. The largest absolute Gasteiger partial charge is 0.341 e. The van der Waals surface area contributed by atoms with Crippen LogP contribution in [-0.2, 0) is 4.79 Å². The number of amides is 1. The minimum absolute atomic E-state index is 0.118. The van der Waals surface area contributed by atoms with Crippen LogP contribution < -0.4 is 5.56 Å². The lowest BCUT2D eigenvalue weighted by Crippen LogP contribution is -2.43. The SMILES string of the molecule is Cc1ccc(-n2c(=O)c3ccccc3n3c(SCC(=O)N4CC(C)CC(C)C4)nnc23)c(C)c1. The maximum absolute atomic E-state index is 13.5. The maximum atomic E-state index is 13.5. The predicted molar refractivity (Wildman–Crippen MR) is 136 cm³/mol. The van der Waals surface area contributed by atoms with E-state index in [1.54, 1.807) is 4.57 Å². The number of hydrogen-bond donors (Lipinski definition) is 0. The van der Waals surface area contributed by atoms with Crippen LogP contribution >= 0.6 is 11.8 Å². The zero-order valence-electron chi connectivity index (χ0n) is 20.0. The second-order valence-corrected chi connectivity index (χ2v) is 10.5. The average Bonchev–Trinajstić information content (AvgIpc) is 3.22. The second-order valence-electron chi connectivity index (χ2n) is 9.60. The summed E-state index contributed by atoms with van der Waals surface area (Å²) >= 11 is 1.37. The predicted octanol–water partition coefficient (Wildman–Crippen LogP) is 4.25. The third-order valence-corrected chi connectivity index (χ3v) is 7.45. The van der Waals surface area contributed by atoms with E-state index in [0.717, 1.165) is 41.8 Å². The molecule has 3 heterocycles. The van der Waals surface area contributed by atoms with E-state index in [1.807, 2.05) is 59.5 Å². The summed E-state index contributed by atoms with van der Waals surface area (Å²) in [5.41, 5.74) is 3.50. The number of thioether (sulfide) groups is 1. The molecule has 0 saturated carbocycles. The third-order valence-electron chi connectivity index (χ3n) is 6.53. The van der Waals surface area contributed by atoms with E-state index in [4.69, 9.17) is 0 Å². The van der Waals surface area contributed by atoms with E-state index >= 15 is 0 Å². The van der Waals surface area contributed by atoms with Gasteiger partial charge in [-0.25, -0.2) is 4.57 Å². The number of fused-ring (bicyclic) bond motifs is 3. The summed E-state index contributed by atoms with van der Waals surface area (Å²) in [6.07, 6.45) is 1.16. The summed E-state index contributed by atoms with van der Waals surface area (Å²) in [5, 5.41) is 10.0. The van der Waals surface area contributed by atoms with Gasteiger partial charge in [0.15, 0.2) is 5.16 Å². The summed E-state index contributed by atoms with van der Waals surface area (Å²) in [4.78, 5) is 28.5. The van der Waals surface area contributed by atoms with Crippen LogP contribution in [0, 0.1) is 25.7 Å². The van der Waals surface area contributed by atoms with Crippen molar-refractivity contribution < 1.29 is 4.79 Å². The monoisotopic (exact) mass is 475 g/mol. The highest BCUT2D eigenvalue weighted by molar-refractivity contribution is 7.99. The smallest absolute Gasteiger partial charge is 0.267 e. The van der Waals surface area contributed by atoms with Crippen molar-refractivity contribution >= 4 is 34.3 Å². The summed E-state index contributed by atoms with van der Waals surface area (Å²) in [6.45, 7) is 10.0. The number of carbonyl (C=O) groups excluding carboxylic acids is 1. The van der Waals surface area contributed by atoms with Crippen LogP contribution in [0.1, 0.15) is 31.4 Å². The lowest BCUT2D eigenvalue weighted by Gasteiger charge is -2.34. The molecule has 1 aliphatic heterocycles. The van der Waals surface area contributed by atoms with Crippen LogP contribution in [-0.4, -0.2) is 48.8 Å².